The van der Waals surface area contributed by atoms with E-state index < -0.39 is 0 Å². The van der Waals surface area contributed by atoms with Crippen LogP contribution in [0.1, 0.15) is 18.1 Å². The van der Waals surface area contributed by atoms with Crippen LogP contribution in [-0.4, -0.2) is 4.99 Å². The first-order chi connectivity index (χ1) is 5.59. The molecule has 0 radical (unpaired) electrons. The van der Waals surface area contributed by atoms with Crippen LogP contribution >= 0.6 is 12.2 Å². The molecule has 0 bridgehead atoms. The average molecular weight is 179 g/mol. The number of anilines is 1. The number of nitrogens with one attached hydrogen (secondary N) is 1. The molecule has 0 saturated heterocycles. The third kappa shape index (κ3) is 2.31. The van der Waals surface area contributed by atoms with E-state index in [1.54, 1.807) is 0 Å². The monoisotopic (exact) mass is 179 g/mol. The molecule has 1 aromatic carbocycles. The van der Waals surface area contributed by atoms with Gasteiger partial charge >= 0.3 is 0 Å². The standard InChI is InChI=1S/C10H13NS/c1-7-4-5-8(2)10(6-7)11-9(3)12/h4-6H,1-3H3,(H,11,12). The van der Waals surface area contributed by atoms with Gasteiger partial charge in [-0.2, -0.15) is 0 Å². The van der Waals surface area contributed by atoms with Gasteiger partial charge in [-0.3, -0.25) is 0 Å². The SMILES string of the molecule is CC(=S)Nc1cc(C)ccc1C. The third-order valence-electron chi connectivity index (χ3n) is 1.70. The third-order valence-corrected chi connectivity index (χ3v) is 1.81. The maximum atomic E-state index is 4.97. The van der Waals surface area contributed by atoms with E-state index in [9.17, 15) is 0 Å². The number of hydrogen-bond donors (Lipinski definition) is 1. The minimum Gasteiger partial charge on any atom is -0.350 e. The van der Waals surface area contributed by atoms with Crippen molar-refractivity contribution in [3.05, 3.63) is 29.3 Å². The lowest BCUT2D eigenvalue weighted by molar-refractivity contribution is 1.39. The van der Waals surface area contributed by atoms with Gasteiger partial charge in [-0.05, 0) is 38.0 Å². The number of thiocarbonyl (C=S) groups is 1. The molecule has 0 spiro atoms. The Kier molecular flexibility index (Phi) is 2.82. The zero-order valence-electron chi connectivity index (χ0n) is 7.64. The van der Waals surface area contributed by atoms with Crippen molar-refractivity contribution in [3.8, 4) is 0 Å². The first-order valence-electron chi connectivity index (χ1n) is 3.94. The van der Waals surface area contributed by atoms with Gasteiger partial charge in [0.1, 0.15) is 0 Å². The second-order valence-corrected chi connectivity index (χ2v) is 3.61. The largest absolute Gasteiger partial charge is 0.350 e. The van der Waals surface area contributed by atoms with E-state index in [1.165, 1.54) is 11.1 Å². The van der Waals surface area contributed by atoms with Crippen molar-refractivity contribution in [1.82, 2.24) is 0 Å². The highest BCUT2D eigenvalue weighted by Gasteiger charge is 1.97. The zero-order chi connectivity index (χ0) is 9.14. The highest BCUT2D eigenvalue weighted by atomic mass is 32.1. The second kappa shape index (κ2) is 3.68. The fourth-order valence-corrected chi connectivity index (χ4v) is 1.17. The van der Waals surface area contributed by atoms with E-state index in [-0.39, 0.29) is 0 Å². The van der Waals surface area contributed by atoms with Gasteiger partial charge in [0.25, 0.3) is 0 Å². The summed E-state index contributed by atoms with van der Waals surface area (Å²) in [6.45, 7) is 6.03. The normalized spacial score (nSPS) is 9.58. The summed E-state index contributed by atoms with van der Waals surface area (Å²) >= 11 is 4.97. The van der Waals surface area contributed by atoms with Crippen molar-refractivity contribution >= 4 is 22.9 Å². The Balaban J connectivity index is 2.97. The van der Waals surface area contributed by atoms with Crippen LogP contribution in [0.25, 0.3) is 0 Å². The van der Waals surface area contributed by atoms with Gasteiger partial charge in [0.2, 0.25) is 0 Å². The van der Waals surface area contributed by atoms with Gasteiger partial charge in [0.15, 0.2) is 0 Å². The van der Waals surface area contributed by atoms with Gasteiger partial charge in [-0.15, -0.1) is 0 Å². The summed E-state index contributed by atoms with van der Waals surface area (Å²) < 4.78 is 0. The van der Waals surface area contributed by atoms with Gasteiger partial charge in [-0.1, -0.05) is 24.4 Å². The molecule has 64 valence electrons. The molecule has 0 aromatic heterocycles. The lowest BCUT2D eigenvalue weighted by Crippen LogP contribution is -2.04. The Hall–Kier alpha value is -0.890. The van der Waals surface area contributed by atoms with Crippen LogP contribution in [0, 0.1) is 13.8 Å². The van der Waals surface area contributed by atoms with Crippen LogP contribution < -0.4 is 5.32 Å². The molecule has 0 unspecified atom stereocenters. The molecule has 1 aromatic rings. The van der Waals surface area contributed by atoms with Crippen molar-refractivity contribution < 1.29 is 0 Å². The van der Waals surface area contributed by atoms with E-state index in [2.05, 4.69) is 37.4 Å². The maximum absolute atomic E-state index is 4.97. The van der Waals surface area contributed by atoms with E-state index >= 15 is 0 Å². The van der Waals surface area contributed by atoms with Crippen LogP contribution in [0.5, 0.6) is 0 Å². The molecule has 0 amide bonds. The Morgan fingerprint density at radius 2 is 2.00 bits per heavy atom. The topological polar surface area (TPSA) is 12.0 Å². The predicted octanol–water partition coefficient (Wildman–Crippen LogP) is 3.06. The summed E-state index contributed by atoms with van der Waals surface area (Å²) in [7, 11) is 0. The van der Waals surface area contributed by atoms with Gasteiger partial charge in [0.05, 0.1) is 4.99 Å². The van der Waals surface area contributed by atoms with E-state index in [0.29, 0.717) is 0 Å². The van der Waals surface area contributed by atoms with Crippen molar-refractivity contribution in [1.29, 1.82) is 0 Å². The molecule has 1 N–H and O–H groups in total. The predicted molar refractivity (Wildman–Crippen MR) is 57.8 cm³/mol. The molecule has 1 rings (SSSR count). The molecule has 12 heavy (non-hydrogen) atoms. The van der Waals surface area contributed by atoms with Gasteiger partial charge < -0.3 is 5.32 Å². The van der Waals surface area contributed by atoms with Gasteiger partial charge in [0, 0.05) is 5.69 Å². The van der Waals surface area contributed by atoms with Crippen LogP contribution in [0.3, 0.4) is 0 Å². The van der Waals surface area contributed by atoms with E-state index in [4.69, 9.17) is 12.2 Å². The Labute approximate surface area is 78.8 Å². The first-order valence-corrected chi connectivity index (χ1v) is 4.35. The number of benzene rings is 1. The minimum absolute atomic E-state index is 0.809. The lowest BCUT2D eigenvalue weighted by atomic mass is 10.1. The fourth-order valence-electron chi connectivity index (χ4n) is 1.06. The van der Waals surface area contributed by atoms with E-state index in [0.717, 1.165) is 10.7 Å². The Bertz CT molecular complexity index is 305. The summed E-state index contributed by atoms with van der Waals surface area (Å²) in [5.74, 6) is 0. The summed E-state index contributed by atoms with van der Waals surface area (Å²) in [6, 6.07) is 6.29. The number of rotatable bonds is 1. The lowest BCUT2D eigenvalue weighted by Gasteiger charge is -2.08. The van der Waals surface area contributed by atoms with Crippen LogP contribution in [0.2, 0.25) is 0 Å². The van der Waals surface area contributed by atoms with Crippen molar-refractivity contribution in [3.63, 3.8) is 0 Å². The Morgan fingerprint density at radius 3 is 2.58 bits per heavy atom. The molecule has 0 aliphatic heterocycles. The van der Waals surface area contributed by atoms with Crippen LogP contribution in [-0.2, 0) is 0 Å². The average Bonchev–Trinajstić information content (AvgIpc) is 1.96. The molecule has 0 aliphatic carbocycles. The van der Waals surface area contributed by atoms with Crippen molar-refractivity contribution in [2.45, 2.75) is 20.8 Å². The van der Waals surface area contributed by atoms with Crippen LogP contribution in [0.15, 0.2) is 18.2 Å². The summed E-state index contributed by atoms with van der Waals surface area (Å²) in [4.78, 5) is 0.809. The molecule has 0 atom stereocenters. The molecule has 0 heterocycles. The molecular formula is C10H13NS. The zero-order valence-corrected chi connectivity index (χ0v) is 8.46. The molecule has 1 nitrogen and oxygen atoms in total. The molecule has 0 fully saturated rings. The maximum Gasteiger partial charge on any atom is 0.0765 e. The summed E-state index contributed by atoms with van der Waals surface area (Å²) in [6.07, 6.45) is 0. The first kappa shape index (κ1) is 9.20. The van der Waals surface area contributed by atoms with Crippen molar-refractivity contribution in [2.75, 3.05) is 5.32 Å². The van der Waals surface area contributed by atoms with Crippen molar-refractivity contribution in [2.24, 2.45) is 0 Å². The number of aryl methyl sites for hydroxylation is 2. The van der Waals surface area contributed by atoms with Crippen LogP contribution in [0.4, 0.5) is 5.69 Å². The highest BCUT2D eigenvalue weighted by molar-refractivity contribution is 7.80. The summed E-state index contributed by atoms with van der Waals surface area (Å²) in [5.41, 5.74) is 3.59. The quantitative estimate of drug-likeness (QED) is 0.665. The molecule has 0 saturated carbocycles. The fraction of sp³-hybridized carbons (Fsp3) is 0.300. The molecule has 2 heteroatoms. The minimum atomic E-state index is 0.809. The Morgan fingerprint density at radius 1 is 1.33 bits per heavy atom. The highest BCUT2D eigenvalue weighted by Crippen LogP contribution is 2.16. The second-order valence-electron chi connectivity index (χ2n) is 3.00. The van der Waals surface area contributed by atoms with E-state index in [1.807, 2.05) is 6.92 Å². The summed E-state index contributed by atoms with van der Waals surface area (Å²) in [5, 5.41) is 3.15. The van der Waals surface area contributed by atoms with Gasteiger partial charge in [-0.25, -0.2) is 0 Å². The molecular weight excluding hydrogens is 166 g/mol. The number of hydrogen-bond acceptors (Lipinski definition) is 1. The molecule has 0 aliphatic rings. The smallest absolute Gasteiger partial charge is 0.0765 e.